The number of aliphatic hydroxyl groups excluding tert-OH is 1. The number of nitrogens with one attached hydrogen (secondary N) is 1. The van der Waals surface area contributed by atoms with Crippen molar-refractivity contribution < 1.29 is 5.11 Å². The summed E-state index contributed by atoms with van der Waals surface area (Å²) >= 11 is 0. The van der Waals surface area contributed by atoms with Gasteiger partial charge in [-0.2, -0.15) is 0 Å². The third-order valence-electron chi connectivity index (χ3n) is 4.10. The molecule has 1 aromatic rings. The van der Waals surface area contributed by atoms with Crippen molar-refractivity contribution in [2.24, 2.45) is 5.92 Å². The Bertz CT molecular complexity index is 343. The fourth-order valence-corrected chi connectivity index (χ4v) is 2.80. The molecular weight excluding hydrogens is 222 g/mol. The monoisotopic (exact) mass is 247 g/mol. The van der Waals surface area contributed by atoms with Gasteiger partial charge in [0.05, 0.1) is 0 Å². The molecule has 0 aromatic heterocycles. The van der Waals surface area contributed by atoms with E-state index in [-0.39, 0.29) is 6.61 Å². The van der Waals surface area contributed by atoms with E-state index < -0.39 is 0 Å². The summed E-state index contributed by atoms with van der Waals surface area (Å²) in [4.78, 5) is 0. The first kappa shape index (κ1) is 13.6. The molecule has 0 radical (unpaired) electrons. The fourth-order valence-electron chi connectivity index (χ4n) is 2.80. The average Bonchev–Trinajstić information content (AvgIpc) is 2.32. The van der Waals surface area contributed by atoms with Crippen LogP contribution in [0.5, 0.6) is 0 Å². The molecule has 0 amide bonds. The van der Waals surface area contributed by atoms with Gasteiger partial charge in [-0.3, -0.25) is 0 Å². The van der Waals surface area contributed by atoms with Crippen LogP contribution in [0.4, 0.5) is 0 Å². The van der Waals surface area contributed by atoms with Crippen LogP contribution in [0.2, 0.25) is 0 Å². The van der Waals surface area contributed by atoms with Gasteiger partial charge in [-0.1, -0.05) is 44.2 Å². The maximum atomic E-state index is 9.08. The van der Waals surface area contributed by atoms with Crippen LogP contribution < -0.4 is 5.32 Å². The fraction of sp³-hybridized carbons (Fsp3) is 0.625. The zero-order chi connectivity index (χ0) is 13.0. The maximum absolute atomic E-state index is 9.08. The molecule has 2 nitrogen and oxygen atoms in total. The molecule has 100 valence electrons. The molecule has 2 rings (SSSR count). The van der Waals surface area contributed by atoms with Crippen LogP contribution in [0.25, 0.3) is 0 Å². The second-order valence-electron chi connectivity index (χ2n) is 5.81. The van der Waals surface area contributed by atoms with Crippen molar-refractivity contribution >= 4 is 0 Å². The van der Waals surface area contributed by atoms with Crippen LogP contribution in [0, 0.1) is 5.92 Å². The van der Waals surface area contributed by atoms with Crippen molar-refractivity contribution in [1.82, 2.24) is 5.32 Å². The van der Waals surface area contributed by atoms with Gasteiger partial charge in [-0.05, 0) is 36.7 Å². The summed E-state index contributed by atoms with van der Waals surface area (Å²) in [5.74, 6) is 1.32. The lowest BCUT2D eigenvalue weighted by molar-refractivity contribution is 0.199. The molecule has 18 heavy (non-hydrogen) atoms. The molecule has 1 aromatic carbocycles. The highest BCUT2D eigenvalue weighted by Crippen LogP contribution is 2.37. The first-order valence-electron chi connectivity index (χ1n) is 7.12. The zero-order valence-electron chi connectivity index (χ0n) is 11.5. The Morgan fingerprint density at radius 3 is 2.44 bits per heavy atom. The van der Waals surface area contributed by atoms with Crippen molar-refractivity contribution in [3.8, 4) is 0 Å². The molecule has 2 heteroatoms. The molecular formula is C16H25NO. The molecule has 0 aliphatic heterocycles. The summed E-state index contributed by atoms with van der Waals surface area (Å²) in [6.07, 6.45) is 3.33. The Morgan fingerprint density at radius 1 is 1.22 bits per heavy atom. The van der Waals surface area contributed by atoms with Crippen LogP contribution in [0.15, 0.2) is 30.3 Å². The predicted molar refractivity (Wildman–Crippen MR) is 75.7 cm³/mol. The highest BCUT2D eigenvalue weighted by atomic mass is 16.3. The molecule has 0 spiro atoms. The molecule has 1 atom stereocenters. The van der Waals surface area contributed by atoms with Crippen molar-refractivity contribution in [3.63, 3.8) is 0 Å². The Hall–Kier alpha value is -0.860. The second-order valence-corrected chi connectivity index (χ2v) is 5.81. The van der Waals surface area contributed by atoms with E-state index >= 15 is 0 Å². The van der Waals surface area contributed by atoms with Crippen LogP contribution >= 0.6 is 0 Å². The SMILES string of the molecule is CC(C)C(CCO)NC1CC(c2ccccc2)C1. The quantitative estimate of drug-likeness (QED) is 0.810. The Kier molecular flexibility index (Phi) is 4.79. The standard InChI is InChI=1S/C16H25NO/c1-12(2)16(8-9-18)17-15-10-14(11-15)13-6-4-3-5-7-13/h3-7,12,14-18H,8-11H2,1-2H3. The van der Waals surface area contributed by atoms with Gasteiger partial charge in [-0.15, -0.1) is 0 Å². The largest absolute Gasteiger partial charge is 0.396 e. The molecule has 1 aliphatic carbocycles. The summed E-state index contributed by atoms with van der Waals surface area (Å²) in [5.41, 5.74) is 1.47. The van der Waals surface area contributed by atoms with Gasteiger partial charge in [0.1, 0.15) is 0 Å². The van der Waals surface area contributed by atoms with Gasteiger partial charge in [0, 0.05) is 18.7 Å². The Morgan fingerprint density at radius 2 is 1.89 bits per heavy atom. The lowest BCUT2D eigenvalue weighted by Gasteiger charge is -2.39. The van der Waals surface area contributed by atoms with E-state index in [0.717, 1.165) is 12.3 Å². The first-order chi connectivity index (χ1) is 8.70. The zero-order valence-corrected chi connectivity index (χ0v) is 11.5. The molecule has 1 unspecified atom stereocenters. The van der Waals surface area contributed by atoms with Crippen LogP contribution in [-0.2, 0) is 0 Å². The maximum Gasteiger partial charge on any atom is 0.0445 e. The van der Waals surface area contributed by atoms with Crippen molar-refractivity contribution in [1.29, 1.82) is 0 Å². The van der Waals surface area contributed by atoms with Gasteiger partial charge >= 0.3 is 0 Å². The van der Waals surface area contributed by atoms with E-state index in [1.54, 1.807) is 0 Å². The topological polar surface area (TPSA) is 32.3 Å². The summed E-state index contributed by atoms with van der Waals surface area (Å²) in [6, 6.07) is 11.9. The number of benzene rings is 1. The predicted octanol–water partition coefficient (Wildman–Crippen LogP) is 2.93. The number of rotatable bonds is 6. The lowest BCUT2D eigenvalue weighted by atomic mass is 9.75. The normalized spacial score (nSPS) is 24.9. The highest BCUT2D eigenvalue weighted by molar-refractivity contribution is 5.22. The van der Waals surface area contributed by atoms with Gasteiger partial charge in [0.25, 0.3) is 0 Å². The number of hydrogen-bond acceptors (Lipinski definition) is 2. The van der Waals surface area contributed by atoms with Crippen molar-refractivity contribution in [3.05, 3.63) is 35.9 Å². The minimum absolute atomic E-state index is 0.282. The highest BCUT2D eigenvalue weighted by Gasteiger charge is 2.31. The van der Waals surface area contributed by atoms with E-state index in [2.05, 4.69) is 49.5 Å². The summed E-state index contributed by atoms with van der Waals surface area (Å²) < 4.78 is 0. The number of aliphatic hydroxyl groups is 1. The molecule has 2 N–H and O–H groups in total. The van der Waals surface area contributed by atoms with Crippen molar-refractivity contribution in [2.45, 2.75) is 51.1 Å². The van der Waals surface area contributed by atoms with Crippen molar-refractivity contribution in [2.75, 3.05) is 6.61 Å². The molecule has 1 saturated carbocycles. The Labute approximate surface area is 110 Å². The lowest BCUT2D eigenvalue weighted by Crippen LogP contribution is -2.47. The molecule has 0 saturated heterocycles. The smallest absolute Gasteiger partial charge is 0.0445 e. The van der Waals surface area contributed by atoms with Gasteiger partial charge in [-0.25, -0.2) is 0 Å². The van der Waals surface area contributed by atoms with Gasteiger partial charge in [0.15, 0.2) is 0 Å². The summed E-state index contributed by atoms with van der Waals surface area (Å²) in [6.45, 7) is 4.73. The van der Waals surface area contributed by atoms with Crippen LogP contribution in [0.1, 0.15) is 44.6 Å². The minimum atomic E-state index is 0.282. The van der Waals surface area contributed by atoms with Crippen LogP contribution in [0.3, 0.4) is 0 Å². The molecule has 1 aliphatic rings. The average molecular weight is 247 g/mol. The third kappa shape index (κ3) is 3.33. The van der Waals surface area contributed by atoms with E-state index in [9.17, 15) is 0 Å². The van der Waals surface area contributed by atoms with E-state index in [1.807, 2.05) is 0 Å². The Balaban J connectivity index is 1.79. The van der Waals surface area contributed by atoms with E-state index in [4.69, 9.17) is 5.11 Å². The van der Waals surface area contributed by atoms with E-state index in [0.29, 0.717) is 18.0 Å². The van der Waals surface area contributed by atoms with E-state index in [1.165, 1.54) is 18.4 Å². The summed E-state index contributed by atoms with van der Waals surface area (Å²) in [7, 11) is 0. The van der Waals surface area contributed by atoms with Gasteiger partial charge < -0.3 is 10.4 Å². The molecule has 1 fully saturated rings. The first-order valence-corrected chi connectivity index (χ1v) is 7.12. The minimum Gasteiger partial charge on any atom is -0.396 e. The van der Waals surface area contributed by atoms with Crippen LogP contribution in [-0.4, -0.2) is 23.8 Å². The second kappa shape index (κ2) is 6.35. The number of hydrogen-bond donors (Lipinski definition) is 2. The molecule has 0 heterocycles. The summed E-state index contributed by atoms with van der Waals surface area (Å²) in [5, 5.41) is 12.8. The third-order valence-corrected chi connectivity index (χ3v) is 4.10. The van der Waals surface area contributed by atoms with Gasteiger partial charge in [0.2, 0.25) is 0 Å². The molecule has 0 bridgehead atoms.